The molecule has 0 radical (unpaired) electrons. The largest absolute Gasteiger partial charge is 0.497 e. The predicted octanol–water partition coefficient (Wildman–Crippen LogP) is 2.16. The van der Waals surface area contributed by atoms with Crippen molar-refractivity contribution in [1.29, 1.82) is 0 Å². The van der Waals surface area contributed by atoms with E-state index in [0.29, 0.717) is 22.8 Å². The highest BCUT2D eigenvalue weighted by atomic mass is 16.5. The number of benzene rings is 1. The predicted molar refractivity (Wildman–Crippen MR) is 65.7 cm³/mol. The van der Waals surface area contributed by atoms with Crippen LogP contribution in [0.2, 0.25) is 0 Å². The molecule has 0 aliphatic heterocycles. The van der Waals surface area contributed by atoms with Crippen LogP contribution in [0.4, 0.5) is 0 Å². The third kappa shape index (κ3) is 2.29. The quantitative estimate of drug-likeness (QED) is 0.895. The van der Waals surface area contributed by atoms with E-state index in [1.807, 2.05) is 0 Å². The number of aromatic nitrogens is 2. The molecule has 0 unspecified atom stereocenters. The lowest BCUT2D eigenvalue weighted by molar-refractivity contribution is 0.0697. The van der Waals surface area contributed by atoms with Gasteiger partial charge >= 0.3 is 5.97 Å². The summed E-state index contributed by atoms with van der Waals surface area (Å²) in [7, 11) is 1.56. The van der Waals surface area contributed by atoms with Crippen LogP contribution < -0.4 is 4.74 Å². The number of hydrogen-bond acceptors (Lipinski definition) is 4. The molecule has 5 nitrogen and oxygen atoms in total. The van der Waals surface area contributed by atoms with Gasteiger partial charge in [0.2, 0.25) is 0 Å². The van der Waals surface area contributed by atoms with Crippen molar-refractivity contribution in [2.75, 3.05) is 7.11 Å². The van der Waals surface area contributed by atoms with Gasteiger partial charge in [0, 0.05) is 11.8 Å². The summed E-state index contributed by atoms with van der Waals surface area (Å²) < 4.78 is 5.12. The summed E-state index contributed by atoms with van der Waals surface area (Å²) in [5.41, 5.74) is 1.17. The highest BCUT2D eigenvalue weighted by Crippen LogP contribution is 2.25. The van der Waals surface area contributed by atoms with Crippen LogP contribution in [0.25, 0.3) is 11.3 Å². The average molecular weight is 244 g/mol. The molecule has 1 aromatic heterocycles. The summed E-state index contributed by atoms with van der Waals surface area (Å²) in [6, 6.07) is 7.11. The fourth-order valence-electron chi connectivity index (χ4n) is 1.62. The molecule has 1 N–H and O–H groups in total. The van der Waals surface area contributed by atoms with Gasteiger partial charge < -0.3 is 9.84 Å². The molecule has 0 saturated heterocycles. The van der Waals surface area contributed by atoms with Crippen molar-refractivity contribution in [2.24, 2.45) is 0 Å². The Morgan fingerprint density at radius 3 is 2.83 bits per heavy atom. The molecule has 0 atom stereocenters. The monoisotopic (exact) mass is 244 g/mol. The van der Waals surface area contributed by atoms with Crippen molar-refractivity contribution in [3.05, 3.63) is 41.9 Å². The smallest absolute Gasteiger partial charge is 0.339 e. The molecule has 0 saturated carbocycles. The van der Waals surface area contributed by atoms with Gasteiger partial charge in [-0.25, -0.2) is 14.8 Å². The van der Waals surface area contributed by atoms with Crippen LogP contribution in [0.15, 0.2) is 30.5 Å². The molecule has 2 rings (SSSR count). The van der Waals surface area contributed by atoms with E-state index in [2.05, 4.69) is 9.97 Å². The molecule has 92 valence electrons. The van der Waals surface area contributed by atoms with E-state index in [1.165, 1.54) is 6.20 Å². The van der Waals surface area contributed by atoms with Crippen LogP contribution in [0.3, 0.4) is 0 Å². The second-order valence-electron chi connectivity index (χ2n) is 3.72. The van der Waals surface area contributed by atoms with E-state index in [4.69, 9.17) is 9.84 Å². The van der Waals surface area contributed by atoms with Crippen molar-refractivity contribution in [3.63, 3.8) is 0 Å². The SMILES string of the molecule is COc1cccc(-c2nc(C)ncc2C(=O)O)c1. The maximum absolute atomic E-state index is 11.1. The Morgan fingerprint density at radius 1 is 1.39 bits per heavy atom. The molecule has 0 amide bonds. The molecule has 2 aromatic rings. The zero-order valence-electron chi connectivity index (χ0n) is 10.0. The molecule has 0 aliphatic carbocycles. The first-order valence-corrected chi connectivity index (χ1v) is 5.33. The fourth-order valence-corrected chi connectivity index (χ4v) is 1.62. The number of carboxylic acids is 1. The van der Waals surface area contributed by atoms with E-state index in [0.717, 1.165) is 0 Å². The van der Waals surface area contributed by atoms with Crippen LogP contribution in [0, 0.1) is 6.92 Å². The standard InChI is InChI=1S/C13H12N2O3/c1-8-14-7-11(13(16)17)12(15-8)9-4-3-5-10(6-9)18-2/h3-7H,1-2H3,(H,16,17). The average Bonchev–Trinajstić information content (AvgIpc) is 2.38. The topological polar surface area (TPSA) is 72.3 Å². The minimum Gasteiger partial charge on any atom is -0.497 e. The first kappa shape index (κ1) is 12.0. The number of methoxy groups -OCH3 is 1. The number of rotatable bonds is 3. The number of carbonyl (C=O) groups is 1. The minimum atomic E-state index is -1.05. The first-order chi connectivity index (χ1) is 8.61. The van der Waals surface area contributed by atoms with Crippen LogP contribution >= 0.6 is 0 Å². The lowest BCUT2D eigenvalue weighted by Gasteiger charge is -2.07. The van der Waals surface area contributed by atoms with Crippen molar-refractivity contribution < 1.29 is 14.6 Å². The minimum absolute atomic E-state index is 0.0776. The van der Waals surface area contributed by atoms with E-state index in [-0.39, 0.29) is 5.56 Å². The number of ether oxygens (including phenoxy) is 1. The zero-order valence-corrected chi connectivity index (χ0v) is 10.0. The van der Waals surface area contributed by atoms with E-state index in [9.17, 15) is 4.79 Å². The molecule has 5 heteroatoms. The number of aromatic carboxylic acids is 1. The van der Waals surface area contributed by atoms with Crippen LogP contribution in [-0.2, 0) is 0 Å². The fraction of sp³-hybridized carbons (Fsp3) is 0.154. The zero-order chi connectivity index (χ0) is 13.1. The number of aryl methyl sites for hydroxylation is 1. The molecular formula is C13H12N2O3. The summed E-state index contributed by atoms with van der Waals surface area (Å²) in [5.74, 6) is 0.130. The lowest BCUT2D eigenvalue weighted by atomic mass is 10.1. The highest BCUT2D eigenvalue weighted by Gasteiger charge is 2.14. The molecule has 0 aliphatic rings. The summed E-state index contributed by atoms with van der Waals surface area (Å²) in [6.45, 7) is 1.72. The second-order valence-corrected chi connectivity index (χ2v) is 3.72. The molecule has 1 aromatic carbocycles. The second kappa shape index (κ2) is 4.83. The van der Waals surface area contributed by atoms with E-state index < -0.39 is 5.97 Å². The maximum atomic E-state index is 11.1. The van der Waals surface area contributed by atoms with Gasteiger partial charge in [-0.3, -0.25) is 0 Å². The van der Waals surface area contributed by atoms with Gasteiger partial charge in [0.15, 0.2) is 0 Å². The third-order valence-corrected chi connectivity index (χ3v) is 2.48. The van der Waals surface area contributed by atoms with Crippen molar-refractivity contribution >= 4 is 5.97 Å². The van der Waals surface area contributed by atoms with Gasteiger partial charge in [-0.2, -0.15) is 0 Å². The van der Waals surface area contributed by atoms with Gasteiger partial charge in [0.25, 0.3) is 0 Å². The van der Waals surface area contributed by atoms with Crippen LogP contribution in [0.1, 0.15) is 16.2 Å². The van der Waals surface area contributed by atoms with Gasteiger partial charge in [0.1, 0.15) is 17.1 Å². The molecule has 0 fully saturated rings. The Hall–Kier alpha value is -2.43. The van der Waals surface area contributed by atoms with E-state index >= 15 is 0 Å². The molecule has 0 spiro atoms. The van der Waals surface area contributed by atoms with Gasteiger partial charge in [-0.15, -0.1) is 0 Å². The third-order valence-electron chi connectivity index (χ3n) is 2.48. The van der Waals surface area contributed by atoms with Crippen LogP contribution in [-0.4, -0.2) is 28.2 Å². The summed E-state index contributed by atoms with van der Waals surface area (Å²) >= 11 is 0. The lowest BCUT2D eigenvalue weighted by Crippen LogP contribution is -2.04. The Bertz CT molecular complexity index is 597. The Morgan fingerprint density at radius 2 is 2.17 bits per heavy atom. The van der Waals surface area contributed by atoms with Crippen molar-refractivity contribution in [3.8, 4) is 17.0 Å². The highest BCUT2D eigenvalue weighted by molar-refractivity contribution is 5.94. The number of nitrogens with zero attached hydrogens (tertiary/aromatic N) is 2. The number of hydrogen-bond donors (Lipinski definition) is 1. The van der Waals surface area contributed by atoms with E-state index in [1.54, 1.807) is 38.3 Å². The van der Waals surface area contributed by atoms with Crippen molar-refractivity contribution in [1.82, 2.24) is 9.97 Å². The molecule has 1 heterocycles. The Labute approximate surface area is 104 Å². The molecule has 18 heavy (non-hydrogen) atoms. The molecule has 0 bridgehead atoms. The van der Waals surface area contributed by atoms with Gasteiger partial charge in [-0.05, 0) is 19.1 Å². The maximum Gasteiger partial charge on any atom is 0.339 e. The Balaban J connectivity index is 2.61. The normalized spacial score (nSPS) is 10.1. The van der Waals surface area contributed by atoms with Gasteiger partial charge in [0.05, 0.1) is 12.8 Å². The summed E-state index contributed by atoms with van der Waals surface area (Å²) in [4.78, 5) is 19.2. The summed E-state index contributed by atoms with van der Waals surface area (Å²) in [6.07, 6.45) is 1.32. The van der Waals surface area contributed by atoms with Crippen molar-refractivity contribution in [2.45, 2.75) is 6.92 Å². The summed E-state index contributed by atoms with van der Waals surface area (Å²) in [5, 5.41) is 9.13. The molecular weight excluding hydrogens is 232 g/mol. The Kier molecular flexibility index (Phi) is 3.23. The van der Waals surface area contributed by atoms with Gasteiger partial charge in [-0.1, -0.05) is 12.1 Å². The van der Waals surface area contributed by atoms with Crippen LogP contribution in [0.5, 0.6) is 5.75 Å². The number of carboxylic acid groups (broad SMARTS) is 1. The first-order valence-electron chi connectivity index (χ1n) is 5.33.